The van der Waals surface area contributed by atoms with Crippen LogP contribution in [-0.4, -0.2) is 13.0 Å². The summed E-state index contributed by atoms with van der Waals surface area (Å²) in [7, 11) is 1.52. The topological polar surface area (TPSA) is 38.3 Å². The summed E-state index contributed by atoms with van der Waals surface area (Å²) < 4.78 is 5.27. The van der Waals surface area contributed by atoms with E-state index in [9.17, 15) is 4.79 Å². The molecule has 1 amide bonds. The van der Waals surface area contributed by atoms with Gasteiger partial charge in [-0.15, -0.1) is 0 Å². The molecule has 0 radical (unpaired) electrons. The summed E-state index contributed by atoms with van der Waals surface area (Å²) in [6.07, 6.45) is 4.08. The van der Waals surface area contributed by atoms with Crippen LogP contribution >= 0.6 is 23.2 Å². The van der Waals surface area contributed by atoms with Gasteiger partial charge in [0.2, 0.25) is 5.91 Å². The van der Waals surface area contributed by atoms with Gasteiger partial charge in [0.15, 0.2) is 0 Å². The van der Waals surface area contributed by atoms with E-state index in [0.29, 0.717) is 27.3 Å². The summed E-state index contributed by atoms with van der Waals surface area (Å²) in [6, 6.07) is 11.1. The molecule has 0 saturated carbocycles. The molecule has 2 rings (SSSR count). The van der Waals surface area contributed by atoms with Gasteiger partial charge in [-0.05, 0) is 42.2 Å². The summed E-state index contributed by atoms with van der Waals surface area (Å²) in [6.45, 7) is 4.26. The molecule has 1 unspecified atom stereocenters. The zero-order chi connectivity index (χ0) is 18.4. The molecule has 0 aromatic heterocycles. The molecule has 0 aliphatic heterocycles. The summed E-state index contributed by atoms with van der Waals surface area (Å²) in [5.41, 5.74) is 2.59. The number of carbonyl (C=O) groups is 1. The fourth-order valence-corrected chi connectivity index (χ4v) is 3.11. The number of hydrogen-bond donors (Lipinski definition) is 1. The van der Waals surface area contributed by atoms with Gasteiger partial charge >= 0.3 is 0 Å². The van der Waals surface area contributed by atoms with Crippen LogP contribution in [0.4, 0.5) is 5.69 Å². The molecule has 25 heavy (non-hydrogen) atoms. The number of halogens is 2. The van der Waals surface area contributed by atoms with Crippen molar-refractivity contribution in [3.8, 4) is 5.75 Å². The zero-order valence-corrected chi connectivity index (χ0v) is 16.0. The van der Waals surface area contributed by atoms with Crippen LogP contribution in [0, 0.1) is 0 Å². The second-order valence-corrected chi connectivity index (χ2v) is 6.57. The Morgan fingerprint density at radius 1 is 1.28 bits per heavy atom. The predicted molar refractivity (Wildman–Crippen MR) is 106 cm³/mol. The lowest BCUT2D eigenvalue weighted by atomic mass is 9.97. The van der Waals surface area contributed by atoms with E-state index in [-0.39, 0.29) is 5.91 Å². The normalized spacial score (nSPS) is 12.2. The van der Waals surface area contributed by atoms with Crippen molar-refractivity contribution in [3.05, 3.63) is 63.6 Å². The van der Waals surface area contributed by atoms with Crippen molar-refractivity contribution in [1.82, 2.24) is 0 Å². The molecule has 0 aliphatic rings. The Balaban J connectivity index is 2.20. The van der Waals surface area contributed by atoms with E-state index < -0.39 is 0 Å². The Hall–Kier alpha value is -1.97. The van der Waals surface area contributed by atoms with Crippen molar-refractivity contribution in [2.75, 3.05) is 12.4 Å². The minimum absolute atomic E-state index is 0.228. The molecule has 0 aliphatic carbocycles. The Labute approximate surface area is 158 Å². The number of benzene rings is 2. The van der Waals surface area contributed by atoms with E-state index in [2.05, 4.69) is 19.2 Å². The number of hydrogen-bond acceptors (Lipinski definition) is 2. The maximum Gasteiger partial charge on any atom is 0.248 e. The van der Waals surface area contributed by atoms with Gasteiger partial charge in [0.05, 0.1) is 12.1 Å². The number of ether oxygens (including phenoxy) is 1. The second kappa shape index (κ2) is 8.93. The lowest BCUT2D eigenvalue weighted by Crippen LogP contribution is -2.10. The standard InChI is InChI=1S/C20H21Cl2NO2/c1-4-13(2)16-7-5-6-8-18(16)23-19(24)10-9-14-11-15(21)12-17(22)20(14)25-3/h5-13H,4H2,1-3H3,(H,23,24). The van der Waals surface area contributed by atoms with E-state index in [0.717, 1.165) is 17.7 Å². The number of para-hydroxylation sites is 1. The van der Waals surface area contributed by atoms with Crippen molar-refractivity contribution in [3.63, 3.8) is 0 Å². The summed E-state index contributed by atoms with van der Waals surface area (Å²) in [5.74, 6) is 0.622. The van der Waals surface area contributed by atoms with E-state index in [1.54, 1.807) is 18.2 Å². The first-order valence-corrected chi connectivity index (χ1v) is 8.82. The molecular formula is C20H21Cl2NO2. The predicted octanol–water partition coefficient (Wildman–Crippen LogP) is 6.17. The number of nitrogens with one attached hydrogen (secondary N) is 1. The van der Waals surface area contributed by atoms with Crippen molar-refractivity contribution >= 4 is 40.9 Å². The fraction of sp³-hybridized carbons (Fsp3) is 0.250. The fourth-order valence-electron chi connectivity index (χ4n) is 2.52. The second-order valence-electron chi connectivity index (χ2n) is 5.73. The van der Waals surface area contributed by atoms with Crippen molar-refractivity contribution in [2.45, 2.75) is 26.2 Å². The Bertz CT molecular complexity index is 787. The first kappa shape index (κ1) is 19.4. The number of amides is 1. The van der Waals surface area contributed by atoms with Crippen LogP contribution in [0.15, 0.2) is 42.5 Å². The summed E-state index contributed by atoms with van der Waals surface area (Å²) >= 11 is 12.1. The summed E-state index contributed by atoms with van der Waals surface area (Å²) in [4.78, 5) is 12.3. The zero-order valence-electron chi connectivity index (χ0n) is 14.5. The highest BCUT2D eigenvalue weighted by Gasteiger charge is 2.11. The summed E-state index contributed by atoms with van der Waals surface area (Å²) in [5, 5.41) is 3.81. The quantitative estimate of drug-likeness (QED) is 0.611. The van der Waals surface area contributed by atoms with Crippen LogP contribution in [0.5, 0.6) is 5.75 Å². The number of anilines is 1. The molecule has 0 saturated heterocycles. The Kier molecular flexibility index (Phi) is 6.91. The van der Waals surface area contributed by atoms with Gasteiger partial charge in [-0.1, -0.05) is 55.2 Å². The van der Waals surface area contributed by atoms with E-state index in [1.807, 2.05) is 24.3 Å². The van der Waals surface area contributed by atoms with Crippen LogP contribution in [0.25, 0.3) is 6.08 Å². The van der Waals surface area contributed by atoms with Gasteiger partial charge in [0.1, 0.15) is 5.75 Å². The third-order valence-electron chi connectivity index (χ3n) is 4.02. The molecule has 3 nitrogen and oxygen atoms in total. The first-order chi connectivity index (χ1) is 12.0. The molecule has 1 N–H and O–H groups in total. The van der Waals surface area contributed by atoms with E-state index >= 15 is 0 Å². The van der Waals surface area contributed by atoms with E-state index in [1.165, 1.54) is 13.2 Å². The highest BCUT2D eigenvalue weighted by molar-refractivity contribution is 6.36. The SMILES string of the molecule is CCC(C)c1ccccc1NC(=O)C=Cc1cc(Cl)cc(Cl)c1OC. The molecule has 5 heteroatoms. The highest BCUT2D eigenvalue weighted by atomic mass is 35.5. The number of carbonyl (C=O) groups excluding carboxylic acids is 1. The van der Waals surface area contributed by atoms with Gasteiger partial charge in [-0.3, -0.25) is 4.79 Å². The monoisotopic (exact) mass is 377 g/mol. The minimum Gasteiger partial charge on any atom is -0.495 e. The lowest BCUT2D eigenvalue weighted by Gasteiger charge is -2.14. The molecule has 2 aromatic rings. The van der Waals surface area contributed by atoms with Crippen molar-refractivity contribution < 1.29 is 9.53 Å². The average Bonchev–Trinajstić information content (AvgIpc) is 2.59. The third-order valence-corrected chi connectivity index (χ3v) is 4.52. The Morgan fingerprint density at radius 2 is 2.00 bits per heavy atom. The average molecular weight is 378 g/mol. The maximum atomic E-state index is 12.3. The molecule has 132 valence electrons. The number of methoxy groups -OCH3 is 1. The largest absolute Gasteiger partial charge is 0.495 e. The van der Waals surface area contributed by atoms with Crippen molar-refractivity contribution in [2.24, 2.45) is 0 Å². The van der Waals surface area contributed by atoms with Gasteiger partial charge in [0, 0.05) is 22.3 Å². The van der Waals surface area contributed by atoms with E-state index in [4.69, 9.17) is 27.9 Å². The van der Waals surface area contributed by atoms with Crippen molar-refractivity contribution in [1.29, 1.82) is 0 Å². The van der Waals surface area contributed by atoms with Crippen LogP contribution in [-0.2, 0) is 4.79 Å². The maximum absolute atomic E-state index is 12.3. The third kappa shape index (κ3) is 5.00. The molecule has 0 heterocycles. The molecule has 0 spiro atoms. The molecule has 2 aromatic carbocycles. The molecule has 0 bridgehead atoms. The van der Waals surface area contributed by atoms with Gasteiger partial charge in [-0.25, -0.2) is 0 Å². The van der Waals surface area contributed by atoms with Crippen LogP contribution in [0.2, 0.25) is 10.0 Å². The molecular weight excluding hydrogens is 357 g/mol. The minimum atomic E-state index is -0.228. The van der Waals surface area contributed by atoms with Gasteiger partial charge in [-0.2, -0.15) is 0 Å². The van der Waals surface area contributed by atoms with Gasteiger partial charge in [0.25, 0.3) is 0 Å². The lowest BCUT2D eigenvalue weighted by molar-refractivity contribution is -0.111. The van der Waals surface area contributed by atoms with Gasteiger partial charge < -0.3 is 10.1 Å². The molecule has 1 atom stereocenters. The highest BCUT2D eigenvalue weighted by Crippen LogP contribution is 2.33. The van der Waals surface area contributed by atoms with Crippen LogP contribution < -0.4 is 10.1 Å². The van der Waals surface area contributed by atoms with Crippen LogP contribution in [0.3, 0.4) is 0 Å². The first-order valence-electron chi connectivity index (χ1n) is 8.07. The smallest absolute Gasteiger partial charge is 0.248 e. The molecule has 0 fully saturated rings. The Morgan fingerprint density at radius 3 is 2.68 bits per heavy atom. The number of rotatable bonds is 6. The van der Waals surface area contributed by atoms with Crippen LogP contribution in [0.1, 0.15) is 37.3 Å².